The minimum atomic E-state index is -0.978. The quantitative estimate of drug-likeness (QED) is 0.544. The Kier molecular flexibility index (Phi) is 7.22. The molecule has 2 N–H and O–H groups in total. The first-order valence-electron chi connectivity index (χ1n) is 9.84. The molecule has 31 heavy (non-hydrogen) atoms. The third kappa shape index (κ3) is 6.30. The average Bonchev–Trinajstić information content (AvgIpc) is 3.29. The number of hydrogen-bond donors (Lipinski definition) is 2. The Morgan fingerprint density at radius 1 is 1.00 bits per heavy atom. The number of anilines is 1. The zero-order chi connectivity index (χ0) is 22.2. The van der Waals surface area contributed by atoms with Gasteiger partial charge in [0.1, 0.15) is 6.04 Å². The van der Waals surface area contributed by atoms with Gasteiger partial charge in [-0.3, -0.25) is 9.59 Å². The molecule has 0 aliphatic heterocycles. The first-order valence-corrected chi connectivity index (χ1v) is 9.84. The van der Waals surface area contributed by atoms with E-state index in [9.17, 15) is 14.4 Å². The van der Waals surface area contributed by atoms with Crippen molar-refractivity contribution in [3.05, 3.63) is 89.4 Å². The number of furan rings is 1. The molecule has 1 aromatic heterocycles. The minimum absolute atomic E-state index is 0.0819. The zero-order valence-electron chi connectivity index (χ0n) is 17.4. The summed E-state index contributed by atoms with van der Waals surface area (Å²) in [6.07, 6.45) is 1.58. The normalized spacial score (nSPS) is 11.4. The monoisotopic (exact) mass is 420 g/mol. The SMILES string of the molecule is Cc1ccc(NC(=O)COC(=O)[C@H](Cc2ccccc2)NC(=O)c2ccco2)c(C)c1. The number of rotatable bonds is 8. The maximum atomic E-state index is 12.7. The van der Waals surface area contributed by atoms with Gasteiger partial charge in [-0.05, 0) is 43.2 Å². The Bertz CT molecular complexity index is 1050. The van der Waals surface area contributed by atoms with Crippen LogP contribution >= 0.6 is 0 Å². The van der Waals surface area contributed by atoms with Crippen LogP contribution in [0.5, 0.6) is 0 Å². The number of nitrogens with one attached hydrogen (secondary N) is 2. The third-order valence-electron chi connectivity index (χ3n) is 4.62. The van der Waals surface area contributed by atoms with Gasteiger partial charge >= 0.3 is 5.97 Å². The van der Waals surface area contributed by atoms with E-state index in [1.807, 2.05) is 56.3 Å². The molecule has 1 heterocycles. The molecule has 7 heteroatoms. The van der Waals surface area contributed by atoms with Gasteiger partial charge in [0, 0.05) is 12.1 Å². The van der Waals surface area contributed by atoms with Crippen LogP contribution in [-0.2, 0) is 20.7 Å². The number of carbonyl (C=O) groups excluding carboxylic acids is 3. The van der Waals surface area contributed by atoms with E-state index in [0.29, 0.717) is 5.69 Å². The summed E-state index contributed by atoms with van der Waals surface area (Å²) in [5.74, 6) is -1.63. The van der Waals surface area contributed by atoms with Crippen molar-refractivity contribution < 1.29 is 23.5 Å². The van der Waals surface area contributed by atoms with Crippen LogP contribution in [0.15, 0.2) is 71.3 Å². The fraction of sp³-hybridized carbons (Fsp3) is 0.208. The van der Waals surface area contributed by atoms with Gasteiger partial charge in [0.15, 0.2) is 12.4 Å². The molecule has 0 radical (unpaired) electrons. The highest BCUT2D eigenvalue weighted by Crippen LogP contribution is 2.16. The standard InChI is InChI=1S/C24H24N2O5/c1-16-10-11-19(17(2)13-16)25-22(27)15-31-24(29)20(14-18-7-4-3-5-8-18)26-23(28)21-9-6-12-30-21/h3-13,20H,14-15H2,1-2H3,(H,25,27)(H,26,28)/t20-/m0/s1. The summed E-state index contributed by atoms with van der Waals surface area (Å²) in [4.78, 5) is 37.3. The van der Waals surface area contributed by atoms with Gasteiger partial charge in [-0.2, -0.15) is 0 Å². The van der Waals surface area contributed by atoms with E-state index < -0.39 is 30.4 Å². The van der Waals surface area contributed by atoms with E-state index >= 15 is 0 Å². The number of aryl methyl sites for hydroxylation is 2. The topological polar surface area (TPSA) is 97.6 Å². The van der Waals surface area contributed by atoms with Crippen molar-refractivity contribution in [2.45, 2.75) is 26.3 Å². The molecule has 3 rings (SSSR count). The summed E-state index contributed by atoms with van der Waals surface area (Å²) in [5, 5.41) is 5.34. The highest BCUT2D eigenvalue weighted by atomic mass is 16.5. The molecule has 0 saturated carbocycles. The van der Waals surface area contributed by atoms with Crippen LogP contribution in [-0.4, -0.2) is 30.4 Å². The minimum Gasteiger partial charge on any atom is -0.459 e. The first kappa shape index (κ1) is 21.8. The number of esters is 1. The molecule has 0 unspecified atom stereocenters. The molecule has 2 amide bonds. The van der Waals surface area contributed by atoms with E-state index in [-0.39, 0.29) is 12.2 Å². The van der Waals surface area contributed by atoms with Crippen molar-refractivity contribution >= 4 is 23.5 Å². The number of benzene rings is 2. The Hall–Kier alpha value is -3.87. The second kappa shape index (κ2) is 10.2. The van der Waals surface area contributed by atoms with Crippen molar-refractivity contribution in [1.29, 1.82) is 0 Å². The van der Waals surface area contributed by atoms with Gasteiger partial charge in [-0.25, -0.2) is 4.79 Å². The summed E-state index contributed by atoms with van der Waals surface area (Å²) >= 11 is 0. The Balaban J connectivity index is 1.62. The Morgan fingerprint density at radius 3 is 2.45 bits per heavy atom. The van der Waals surface area contributed by atoms with Gasteiger partial charge in [0.05, 0.1) is 6.26 Å². The molecule has 0 fully saturated rings. The molecule has 0 aliphatic rings. The van der Waals surface area contributed by atoms with Crippen LogP contribution in [0, 0.1) is 13.8 Å². The number of carbonyl (C=O) groups is 3. The van der Waals surface area contributed by atoms with Gasteiger partial charge < -0.3 is 19.8 Å². The molecular weight excluding hydrogens is 396 g/mol. The van der Waals surface area contributed by atoms with Crippen LogP contribution in [0.1, 0.15) is 27.2 Å². The largest absolute Gasteiger partial charge is 0.459 e. The van der Waals surface area contributed by atoms with Crippen molar-refractivity contribution in [3.8, 4) is 0 Å². The molecule has 7 nitrogen and oxygen atoms in total. The Labute approximate surface area is 180 Å². The predicted octanol–water partition coefficient (Wildman–Crippen LogP) is 3.42. The molecule has 2 aromatic carbocycles. The summed E-state index contributed by atoms with van der Waals surface area (Å²) in [6.45, 7) is 3.38. The third-order valence-corrected chi connectivity index (χ3v) is 4.62. The van der Waals surface area contributed by atoms with Crippen LogP contribution < -0.4 is 10.6 Å². The van der Waals surface area contributed by atoms with Gasteiger partial charge in [0.2, 0.25) is 0 Å². The molecule has 1 atom stereocenters. The zero-order valence-corrected chi connectivity index (χ0v) is 17.4. The van der Waals surface area contributed by atoms with Gasteiger partial charge in [0.25, 0.3) is 11.8 Å². The maximum Gasteiger partial charge on any atom is 0.329 e. The molecule has 3 aromatic rings. The summed E-state index contributed by atoms with van der Waals surface area (Å²) in [6, 6.07) is 16.9. The molecule has 0 bridgehead atoms. The van der Waals surface area contributed by atoms with Crippen molar-refractivity contribution in [1.82, 2.24) is 5.32 Å². The highest BCUT2D eigenvalue weighted by molar-refractivity contribution is 5.96. The van der Waals surface area contributed by atoms with E-state index in [4.69, 9.17) is 9.15 Å². The number of ether oxygens (including phenoxy) is 1. The molecule has 0 spiro atoms. The average molecular weight is 420 g/mol. The van der Waals surface area contributed by atoms with Crippen molar-refractivity contribution in [2.75, 3.05) is 11.9 Å². The predicted molar refractivity (Wildman–Crippen MR) is 116 cm³/mol. The van der Waals surface area contributed by atoms with Crippen LogP contribution in [0.4, 0.5) is 5.69 Å². The van der Waals surface area contributed by atoms with E-state index in [1.54, 1.807) is 12.1 Å². The molecule has 0 aliphatic carbocycles. The maximum absolute atomic E-state index is 12.7. The molecule has 160 valence electrons. The van der Waals surface area contributed by atoms with Crippen LogP contribution in [0.2, 0.25) is 0 Å². The summed E-state index contributed by atoms with van der Waals surface area (Å²) < 4.78 is 10.3. The molecular formula is C24H24N2O5. The van der Waals surface area contributed by atoms with Crippen LogP contribution in [0.3, 0.4) is 0 Å². The van der Waals surface area contributed by atoms with E-state index in [2.05, 4.69) is 10.6 Å². The Morgan fingerprint density at radius 2 is 1.77 bits per heavy atom. The van der Waals surface area contributed by atoms with E-state index in [1.165, 1.54) is 12.3 Å². The lowest BCUT2D eigenvalue weighted by Gasteiger charge is -2.17. The number of hydrogen-bond acceptors (Lipinski definition) is 5. The lowest BCUT2D eigenvalue weighted by atomic mass is 10.1. The summed E-state index contributed by atoms with van der Waals surface area (Å²) in [7, 11) is 0. The lowest BCUT2D eigenvalue weighted by Crippen LogP contribution is -2.44. The first-order chi connectivity index (χ1) is 14.9. The lowest BCUT2D eigenvalue weighted by molar-refractivity contribution is -0.149. The smallest absolute Gasteiger partial charge is 0.329 e. The second-order valence-corrected chi connectivity index (χ2v) is 7.17. The summed E-state index contributed by atoms with van der Waals surface area (Å²) in [5.41, 5.74) is 3.48. The van der Waals surface area contributed by atoms with Crippen molar-refractivity contribution in [3.63, 3.8) is 0 Å². The van der Waals surface area contributed by atoms with Crippen LogP contribution in [0.25, 0.3) is 0 Å². The fourth-order valence-electron chi connectivity index (χ4n) is 3.06. The highest BCUT2D eigenvalue weighted by Gasteiger charge is 2.25. The number of amides is 2. The van der Waals surface area contributed by atoms with Gasteiger partial charge in [-0.1, -0.05) is 48.0 Å². The molecule has 0 saturated heterocycles. The van der Waals surface area contributed by atoms with Crippen molar-refractivity contribution in [2.24, 2.45) is 0 Å². The fourth-order valence-corrected chi connectivity index (χ4v) is 3.06. The van der Waals surface area contributed by atoms with Gasteiger partial charge in [-0.15, -0.1) is 0 Å². The second-order valence-electron chi connectivity index (χ2n) is 7.17. The van der Waals surface area contributed by atoms with E-state index in [0.717, 1.165) is 16.7 Å².